The lowest BCUT2D eigenvalue weighted by molar-refractivity contribution is -0.118. The molecule has 0 aliphatic carbocycles. The monoisotopic (exact) mass is 420 g/mol. The van der Waals surface area contributed by atoms with Crippen molar-refractivity contribution in [3.8, 4) is 11.1 Å². The van der Waals surface area contributed by atoms with Gasteiger partial charge in [-0.15, -0.1) is 0 Å². The van der Waals surface area contributed by atoms with Crippen molar-refractivity contribution in [2.75, 3.05) is 39.4 Å². The molecule has 0 saturated heterocycles. The Hall–Kier alpha value is -1.87. The first-order valence-electron chi connectivity index (χ1n) is 9.95. The quantitative estimate of drug-likeness (QED) is 0.339. The fraction of sp³-hybridized carbons (Fsp3) is 0.524. The molecular formula is C21H32N4O3S. The lowest BCUT2D eigenvalue weighted by Crippen LogP contribution is -2.31. The Balaban J connectivity index is 1.61. The maximum atomic E-state index is 10.7. The van der Waals surface area contributed by atoms with Crippen LogP contribution in [0.4, 0.5) is 0 Å². The maximum absolute atomic E-state index is 10.7. The topological polar surface area (TPSA) is 88.4 Å². The molecule has 0 saturated carbocycles. The average Bonchev–Trinajstić information content (AvgIpc) is 3.02. The zero-order valence-corrected chi connectivity index (χ0v) is 18.6. The zero-order chi connectivity index (χ0) is 21.1. The summed E-state index contributed by atoms with van der Waals surface area (Å²) < 4.78 is 14.3. The van der Waals surface area contributed by atoms with Crippen molar-refractivity contribution in [3.05, 3.63) is 35.2 Å². The molecule has 0 bridgehead atoms. The predicted molar refractivity (Wildman–Crippen MR) is 117 cm³/mol. The summed E-state index contributed by atoms with van der Waals surface area (Å²) in [5.74, 6) is 0.844. The molecule has 1 aromatic heterocycles. The standard InChI is InChI=1S/C21H32N4O3S/c1-15-6-7-19(21-16(2)25-28-17(21)3)14-20(15)29-24-8-5-12-27-13-11-22-9-10-23-18(4)26/h6-7,14,22,24H,5,8-13H2,1-4H3,(H,23,26). The number of benzene rings is 1. The fourth-order valence-corrected chi connectivity index (χ4v) is 3.65. The van der Waals surface area contributed by atoms with Crippen molar-refractivity contribution >= 4 is 17.9 Å². The number of nitrogens with one attached hydrogen (secondary N) is 3. The van der Waals surface area contributed by atoms with Gasteiger partial charge in [0.2, 0.25) is 5.91 Å². The van der Waals surface area contributed by atoms with Crippen molar-refractivity contribution < 1.29 is 14.1 Å². The van der Waals surface area contributed by atoms with Crippen molar-refractivity contribution in [1.29, 1.82) is 0 Å². The lowest BCUT2D eigenvalue weighted by atomic mass is 10.0. The molecule has 7 nitrogen and oxygen atoms in total. The van der Waals surface area contributed by atoms with Gasteiger partial charge in [-0.2, -0.15) is 0 Å². The van der Waals surface area contributed by atoms with Crippen molar-refractivity contribution in [3.63, 3.8) is 0 Å². The summed E-state index contributed by atoms with van der Waals surface area (Å²) in [6.45, 7) is 12.0. The van der Waals surface area contributed by atoms with E-state index in [4.69, 9.17) is 9.26 Å². The highest BCUT2D eigenvalue weighted by molar-refractivity contribution is 7.97. The molecule has 1 aromatic carbocycles. The number of carbonyl (C=O) groups is 1. The Bertz CT molecular complexity index is 760. The molecule has 8 heteroatoms. The van der Waals surface area contributed by atoms with Crippen LogP contribution in [0.2, 0.25) is 0 Å². The predicted octanol–water partition coefficient (Wildman–Crippen LogP) is 3.00. The summed E-state index contributed by atoms with van der Waals surface area (Å²) in [6, 6.07) is 6.43. The minimum Gasteiger partial charge on any atom is -0.380 e. The van der Waals surface area contributed by atoms with Crippen LogP contribution in [0.3, 0.4) is 0 Å². The van der Waals surface area contributed by atoms with Crippen LogP contribution < -0.4 is 15.4 Å². The summed E-state index contributed by atoms with van der Waals surface area (Å²) >= 11 is 1.65. The van der Waals surface area contributed by atoms with Crippen LogP contribution in [0.1, 0.15) is 30.4 Å². The Labute approximate surface area is 177 Å². The van der Waals surface area contributed by atoms with Crippen molar-refractivity contribution in [1.82, 2.24) is 20.5 Å². The summed E-state index contributed by atoms with van der Waals surface area (Å²) in [6.07, 6.45) is 0.946. The van der Waals surface area contributed by atoms with Crippen LogP contribution >= 0.6 is 11.9 Å². The number of amides is 1. The van der Waals surface area contributed by atoms with Crippen molar-refractivity contribution in [2.45, 2.75) is 39.0 Å². The molecule has 3 N–H and O–H groups in total. The van der Waals surface area contributed by atoms with Crippen LogP contribution in [0, 0.1) is 20.8 Å². The second-order valence-corrected chi connectivity index (χ2v) is 7.81. The van der Waals surface area contributed by atoms with Gasteiger partial charge in [-0.1, -0.05) is 17.3 Å². The van der Waals surface area contributed by atoms with E-state index in [1.54, 1.807) is 11.9 Å². The van der Waals surface area contributed by atoms with Gasteiger partial charge in [0.15, 0.2) is 0 Å². The summed E-state index contributed by atoms with van der Waals surface area (Å²) in [5.41, 5.74) is 4.35. The van der Waals surface area contributed by atoms with Crippen molar-refractivity contribution in [2.24, 2.45) is 0 Å². The first kappa shape index (κ1) is 23.4. The number of carbonyl (C=O) groups excluding carboxylic acids is 1. The van der Waals surface area contributed by atoms with E-state index in [-0.39, 0.29) is 5.91 Å². The highest BCUT2D eigenvalue weighted by Crippen LogP contribution is 2.31. The number of hydrogen-bond donors (Lipinski definition) is 3. The Morgan fingerprint density at radius 3 is 2.69 bits per heavy atom. The minimum atomic E-state index is -0.000876. The molecule has 160 valence electrons. The second-order valence-electron chi connectivity index (χ2n) is 6.87. The molecule has 0 atom stereocenters. The van der Waals surface area contributed by atoms with Gasteiger partial charge in [-0.25, -0.2) is 0 Å². The molecule has 2 rings (SSSR count). The number of hydrogen-bond acceptors (Lipinski definition) is 7. The molecule has 1 heterocycles. The molecule has 0 aliphatic heterocycles. The van der Waals surface area contributed by atoms with Crippen LogP contribution in [0.5, 0.6) is 0 Å². The number of aryl methyl sites for hydroxylation is 3. The Morgan fingerprint density at radius 1 is 1.14 bits per heavy atom. The second kappa shape index (κ2) is 12.6. The third kappa shape index (κ3) is 8.18. The highest BCUT2D eigenvalue weighted by atomic mass is 32.2. The summed E-state index contributed by atoms with van der Waals surface area (Å²) in [4.78, 5) is 11.9. The van der Waals surface area contributed by atoms with Gasteiger partial charge in [0.1, 0.15) is 5.76 Å². The number of ether oxygens (including phenoxy) is 1. The largest absolute Gasteiger partial charge is 0.380 e. The Morgan fingerprint density at radius 2 is 1.97 bits per heavy atom. The molecule has 1 amide bonds. The van der Waals surface area contributed by atoms with E-state index in [9.17, 15) is 4.79 Å². The third-order valence-electron chi connectivity index (χ3n) is 4.36. The summed E-state index contributed by atoms with van der Waals surface area (Å²) in [5, 5.41) is 10.0. The van der Waals surface area contributed by atoms with E-state index in [1.165, 1.54) is 17.4 Å². The van der Waals surface area contributed by atoms with E-state index in [1.807, 2.05) is 13.8 Å². The summed E-state index contributed by atoms with van der Waals surface area (Å²) in [7, 11) is 0. The third-order valence-corrected chi connectivity index (χ3v) is 5.37. The zero-order valence-electron chi connectivity index (χ0n) is 17.8. The Kier molecular flexibility index (Phi) is 10.2. The van der Waals surface area contributed by atoms with Gasteiger partial charge in [0.25, 0.3) is 0 Å². The van der Waals surface area contributed by atoms with E-state index >= 15 is 0 Å². The molecule has 2 aromatic rings. The average molecular weight is 421 g/mol. The van der Waals surface area contributed by atoms with Gasteiger partial charge in [0.05, 0.1) is 12.3 Å². The number of rotatable bonds is 13. The normalized spacial score (nSPS) is 11.0. The fourth-order valence-electron chi connectivity index (χ4n) is 2.83. The smallest absolute Gasteiger partial charge is 0.216 e. The molecule has 29 heavy (non-hydrogen) atoms. The first-order chi connectivity index (χ1) is 14.0. The van der Waals surface area contributed by atoms with Crippen LogP contribution in [0.15, 0.2) is 27.6 Å². The molecule has 0 aliphatic rings. The van der Waals surface area contributed by atoms with Gasteiger partial charge in [-0.3, -0.25) is 9.52 Å². The molecule has 0 spiro atoms. The maximum Gasteiger partial charge on any atom is 0.216 e. The van der Waals surface area contributed by atoms with E-state index < -0.39 is 0 Å². The first-order valence-corrected chi connectivity index (χ1v) is 10.8. The van der Waals surface area contributed by atoms with Gasteiger partial charge >= 0.3 is 0 Å². The van der Waals surface area contributed by atoms with Gasteiger partial charge < -0.3 is 19.9 Å². The van der Waals surface area contributed by atoms with Gasteiger partial charge in [0, 0.05) is 50.2 Å². The van der Waals surface area contributed by atoms with E-state index in [2.05, 4.69) is 45.6 Å². The SMILES string of the molecule is CC(=O)NCCNCCOCCCNSc1cc(-c2c(C)noc2C)ccc1C. The molecule has 0 fully saturated rings. The lowest BCUT2D eigenvalue weighted by Gasteiger charge is -2.10. The van der Waals surface area contributed by atoms with Crippen LogP contribution in [0.25, 0.3) is 11.1 Å². The number of nitrogens with zero attached hydrogens (tertiary/aromatic N) is 1. The molecule has 0 unspecified atom stereocenters. The van der Waals surface area contributed by atoms with Crippen LogP contribution in [-0.2, 0) is 9.53 Å². The minimum absolute atomic E-state index is 0.000876. The number of aromatic nitrogens is 1. The molecular weight excluding hydrogens is 388 g/mol. The highest BCUT2D eigenvalue weighted by Gasteiger charge is 2.12. The van der Waals surface area contributed by atoms with E-state index in [0.29, 0.717) is 13.2 Å². The van der Waals surface area contributed by atoms with E-state index in [0.717, 1.165) is 55.2 Å². The molecule has 0 radical (unpaired) electrons. The van der Waals surface area contributed by atoms with Crippen LogP contribution in [-0.4, -0.2) is 50.5 Å². The van der Waals surface area contributed by atoms with Gasteiger partial charge in [-0.05, 0) is 56.3 Å².